The van der Waals surface area contributed by atoms with E-state index in [4.69, 9.17) is 15.9 Å². The fourth-order valence-corrected chi connectivity index (χ4v) is 4.33. The number of carbonyl (C=O) groups is 1. The molecular formula is C25H22N2O7S. The average Bonchev–Trinajstić information content (AvgIpc) is 2.87. The summed E-state index contributed by atoms with van der Waals surface area (Å²) in [5, 5.41) is 10.9. The summed E-state index contributed by atoms with van der Waals surface area (Å²) < 4.78 is 39.7. The first kappa shape index (κ1) is 25.4. The molecule has 0 heterocycles. The lowest BCUT2D eigenvalue weighted by Gasteiger charge is -2.32. The molecule has 3 rings (SSSR count). The SMILES string of the molecule is C#C[C@@](C)(Oc1ccccc1)[C@H](NS(=O)(=O)c1ccc([N+](=O)[O-])cc1)C(=O)OCc1ccccc1. The molecule has 0 amide bonds. The number of carbonyl (C=O) groups excluding carboxylic acids is 1. The lowest BCUT2D eigenvalue weighted by Crippen LogP contribution is -2.58. The van der Waals surface area contributed by atoms with E-state index in [0.717, 1.165) is 24.3 Å². The van der Waals surface area contributed by atoms with E-state index in [2.05, 4.69) is 10.6 Å². The van der Waals surface area contributed by atoms with E-state index in [9.17, 15) is 23.3 Å². The molecule has 3 aromatic carbocycles. The second kappa shape index (κ2) is 10.8. The number of ether oxygens (including phenoxy) is 2. The summed E-state index contributed by atoms with van der Waals surface area (Å²) in [6, 6.07) is 19.7. The highest BCUT2D eigenvalue weighted by Crippen LogP contribution is 2.24. The Morgan fingerprint density at radius 3 is 2.17 bits per heavy atom. The van der Waals surface area contributed by atoms with E-state index >= 15 is 0 Å². The van der Waals surface area contributed by atoms with Gasteiger partial charge in [-0.1, -0.05) is 54.5 Å². The average molecular weight is 495 g/mol. The molecular weight excluding hydrogens is 472 g/mol. The van der Waals surface area contributed by atoms with Crippen LogP contribution >= 0.6 is 0 Å². The van der Waals surface area contributed by atoms with Crippen LogP contribution in [0.4, 0.5) is 5.69 Å². The zero-order valence-electron chi connectivity index (χ0n) is 18.7. The summed E-state index contributed by atoms with van der Waals surface area (Å²) in [6.45, 7) is 1.26. The van der Waals surface area contributed by atoms with E-state index in [1.54, 1.807) is 60.7 Å². The van der Waals surface area contributed by atoms with Crippen molar-refractivity contribution in [3.63, 3.8) is 0 Å². The number of non-ortho nitro benzene ring substituents is 1. The van der Waals surface area contributed by atoms with E-state index in [1.165, 1.54) is 6.92 Å². The Morgan fingerprint density at radius 1 is 1.06 bits per heavy atom. The number of hydrogen-bond acceptors (Lipinski definition) is 7. The third-order valence-corrected chi connectivity index (χ3v) is 6.44. The molecule has 2 atom stereocenters. The monoisotopic (exact) mass is 494 g/mol. The van der Waals surface area contributed by atoms with Crippen molar-refractivity contribution in [1.82, 2.24) is 4.72 Å². The van der Waals surface area contributed by atoms with Crippen LogP contribution in [-0.2, 0) is 26.2 Å². The molecule has 0 fully saturated rings. The Hall–Kier alpha value is -4.20. The highest BCUT2D eigenvalue weighted by molar-refractivity contribution is 7.89. The number of hydrogen-bond donors (Lipinski definition) is 1. The van der Waals surface area contributed by atoms with Gasteiger partial charge in [0.1, 0.15) is 12.4 Å². The molecule has 1 N–H and O–H groups in total. The van der Waals surface area contributed by atoms with Gasteiger partial charge in [-0.25, -0.2) is 8.42 Å². The van der Waals surface area contributed by atoms with Gasteiger partial charge >= 0.3 is 5.97 Å². The van der Waals surface area contributed by atoms with Crippen molar-refractivity contribution in [1.29, 1.82) is 0 Å². The molecule has 0 saturated carbocycles. The maximum atomic E-state index is 13.2. The van der Waals surface area contributed by atoms with E-state index in [-0.39, 0.29) is 17.2 Å². The summed E-state index contributed by atoms with van der Waals surface area (Å²) in [5.74, 6) is 1.71. The first-order valence-corrected chi connectivity index (χ1v) is 11.8. The van der Waals surface area contributed by atoms with Crippen LogP contribution in [0.15, 0.2) is 89.8 Å². The molecule has 0 aromatic heterocycles. The standard InChI is InChI=1S/C25H22N2O7S/c1-3-25(2,34-21-12-8-5-9-13-21)23(24(28)33-18-19-10-6-4-7-11-19)26-35(31,32)22-16-14-20(15-17-22)27(29)30/h1,4-17,23,26H,18H2,2H3/t23-,25-/m1/s1. The molecule has 0 saturated heterocycles. The van der Waals surface area contributed by atoms with E-state index < -0.39 is 32.6 Å². The molecule has 0 aliphatic carbocycles. The number of para-hydroxylation sites is 1. The third-order valence-electron chi connectivity index (χ3n) is 5.00. The van der Waals surface area contributed by atoms with E-state index in [0.29, 0.717) is 11.3 Å². The van der Waals surface area contributed by atoms with Crippen molar-refractivity contribution >= 4 is 21.7 Å². The minimum Gasteiger partial charge on any atom is -0.473 e. The van der Waals surface area contributed by atoms with Gasteiger partial charge < -0.3 is 9.47 Å². The zero-order chi connectivity index (χ0) is 25.5. The zero-order valence-corrected chi connectivity index (χ0v) is 19.5. The van der Waals surface area contributed by atoms with Gasteiger partial charge in [-0.05, 0) is 36.8 Å². The molecule has 3 aromatic rings. The highest BCUT2D eigenvalue weighted by atomic mass is 32.2. The number of nitro benzene ring substituents is 1. The lowest BCUT2D eigenvalue weighted by molar-refractivity contribution is -0.384. The summed E-state index contributed by atoms with van der Waals surface area (Å²) in [7, 11) is -4.36. The predicted molar refractivity (Wildman–Crippen MR) is 128 cm³/mol. The molecule has 0 spiro atoms. The van der Waals surface area contributed by atoms with Crippen LogP contribution in [0.5, 0.6) is 5.75 Å². The minimum atomic E-state index is -4.36. The Bertz CT molecular complexity index is 1320. The Kier molecular flexibility index (Phi) is 7.86. The van der Waals surface area contributed by atoms with Gasteiger partial charge in [0.25, 0.3) is 5.69 Å². The van der Waals surface area contributed by atoms with Gasteiger partial charge in [0.15, 0.2) is 11.6 Å². The lowest BCUT2D eigenvalue weighted by atomic mass is 9.97. The van der Waals surface area contributed by atoms with Crippen LogP contribution in [0.3, 0.4) is 0 Å². The van der Waals surface area contributed by atoms with Crippen molar-refractivity contribution in [3.8, 4) is 18.1 Å². The van der Waals surface area contributed by atoms with Gasteiger partial charge in [-0.15, -0.1) is 6.42 Å². The number of nitrogens with zero attached hydrogens (tertiary/aromatic N) is 1. The van der Waals surface area contributed by atoms with E-state index in [1.807, 2.05) is 0 Å². The molecule has 35 heavy (non-hydrogen) atoms. The van der Waals surface area contributed by atoms with Crippen LogP contribution in [-0.4, -0.2) is 31.0 Å². The molecule has 0 bridgehead atoms. The highest BCUT2D eigenvalue weighted by Gasteiger charge is 2.44. The largest absolute Gasteiger partial charge is 0.473 e. The third kappa shape index (κ3) is 6.44. The second-order valence-electron chi connectivity index (χ2n) is 7.57. The molecule has 0 aliphatic heterocycles. The Labute approximate surface area is 202 Å². The molecule has 0 radical (unpaired) electrons. The number of nitro groups is 1. The van der Waals surface area contributed by atoms with Crippen molar-refractivity contribution in [3.05, 3.63) is 101 Å². The second-order valence-corrected chi connectivity index (χ2v) is 9.28. The number of rotatable bonds is 10. The summed E-state index contributed by atoms with van der Waals surface area (Å²) >= 11 is 0. The normalized spacial score (nSPS) is 13.6. The first-order valence-electron chi connectivity index (χ1n) is 10.3. The summed E-state index contributed by atoms with van der Waals surface area (Å²) in [4.78, 5) is 23.1. The van der Waals surface area contributed by atoms with Gasteiger partial charge in [0, 0.05) is 12.1 Å². The Morgan fingerprint density at radius 2 is 1.63 bits per heavy atom. The van der Waals surface area contributed by atoms with Crippen molar-refractivity contribution in [2.75, 3.05) is 0 Å². The van der Waals surface area contributed by atoms with Crippen LogP contribution in [0.25, 0.3) is 0 Å². The quantitative estimate of drug-likeness (QED) is 0.198. The van der Waals surface area contributed by atoms with Crippen LogP contribution in [0.1, 0.15) is 12.5 Å². The summed E-state index contributed by atoms with van der Waals surface area (Å²) in [6.07, 6.45) is 5.72. The number of benzene rings is 3. The predicted octanol–water partition coefficient (Wildman–Crippen LogP) is 3.46. The van der Waals surface area contributed by atoms with Crippen molar-refractivity contribution < 1.29 is 27.6 Å². The molecule has 10 heteroatoms. The maximum absolute atomic E-state index is 13.2. The number of terminal acetylenes is 1. The van der Waals surface area contributed by atoms with Gasteiger partial charge in [-0.2, -0.15) is 4.72 Å². The van der Waals surface area contributed by atoms with Crippen molar-refractivity contribution in [2.24, 2.45) is 0 Å². The number of sulfonamides is 1. The van der Waals surface area contributed by atoms with Gasteiger partial charge in [0.05, 0.1) is 9.82 Å². The smallest absolute Gasteiger partial charge is 0.329 e. The number of esters is 1. The molecule has 0 unspecified atom stereocenters. The molecule has 9 nitrogen and oxygen atoms in total. The topological polar surface area (TPSA) is 125 Å². The molecule has 180 valence electrons. The minimum absolute atomic E-state index is 0.124. The molecule has 0 aliphatic rings. The fraction of sp³-hybridized carbons (Fsp3) is 0.160. The van der Waals surface area contributed by atoms with Gasteiger partial charge in [0.2, 0.25) is 10.0 Å². The van der Waals surface area contributed by atoms with Crippen LogP contribution in [0.2, 0.25) is 0 Å². The van der Waals surface area contributed by atoms with Crippen LogP contribution < -0.4 is 9.46 Å². The Balaban J connectivity index is 1.93. The maximum Gasteiger partial charge on any atom is 0.329 e. The first-order chi connectivity index (χ1) is 16.6. The van der Waals surface area contributed by atoms with Gasteiger partial charge in [-0.3, -0.25) is 14.9 Å². The van der Waals surface area contributed by atoms with Crippen LogP contribution in [0, 0.1) is 22.5 Å². The fourth-order valence-electron chi connectivity index (χ4n) is 3.07. The summed E-state index contributed by atoms with van der Waals surface area (Å²) in [5.41, 5.74) is -1.39. The van der Waals surface area contributed by atoms with Crippen molar-refractivity contribution in [2.45, 2.75) is 30.1 Å². The number of nitrogens with one attached hydrogen (secondary N) is 1.